The molecule has 0 saturated carbocycles. The predicted molar refractivity (Wildman–Crippen MR) is 74.3 cm³/mol. The number of hydrogen-bond acceptors (Lipinski definition) is 3. The molecule has 1 unspecified atom stereocenters. The first-order valence-corrected chi connectivity index (χ1v) is 6.63. The molecular weight excluding hydrogens is 261 g/mol. The van der Waals surface area contributed by atoms with E-state index in [1.807, 2.05) is 0 Å². The smallest absolute Gasteiger partial charge is 0.260 e. The van der Waals surface area contributed by atoms with E-state index >= 15 is 0 Å². The van der Waals surface area contributed by atoms with Gasteiger partial charge in [-0.1, -0.05) is 13.8 Å². The van der Waals surface area contributed by atoms with Crippen molar-refractivity contribution >= 4 is 12.2 Å². The zero-order chi connectivity index (χ0) is 15.1. The van der Waals surface area contributed by atoms with E-state index in [1.54, 1.807) is 6.92 Å². The highest BCUT2D eigenvalue weighted by atomic mass is 19.1. The quantitative estimate of drug-likeness (QED) is 0.781. The minimum atomic E-state index is -0.793. The Labute approximate surface area is 118 Å². The van der Waals surface area contributed by atoms with E-state index in [2.05, 4.69) is 19.2 Å². The molecule has 0 fully saturated rings. The van der Waals surface area contributed by atoms with Gasteiger partial charge in [0.05, 0.1) is 0 Å². The van der Waals surface area contributed by atoms with Gasteiger partial charge in [0.25, 0.3) is 5.91 Å². The van der Waals surface area contributed by atoms with Crippen LogP contribution in [0.1, 0.15) is 37.6 Å². The summed E-state index contributed by atoms with van der Waals surface area (Å²) in [6.07, 6.45) is 0.634. The molecule has 0 aliphatic carbocycles. The van der Waals surface area contributed by atoms with Gasteiger partial charge in [-0.2, -0.15) is 0 Å². The van der Waals surface area contributed by atoms with Gasteiger partial charge in [0.1, 0.15) is 6.29 Å². The molecule has 0 heterocycles. The Kier molecular flexibility index (Phi) is 6.15. The molecule has 0 saturated heterocycles. The molecular formula is C15H20FNO3. The molecule has 0 bridgehead atoms. The van der Waals surface area contributed by atoms with Crippen molar-refractivity contribution in [2.75, 3.05) is 6.54 Å². The lowest BCUT2D eigenvalue weighted by atomic mass is 10.1. The number of carbonyl (C=O) groups excluding carboxylic acids is 2. The lowest BCUT2D eigenvalue weighted by Crippen LogP contribution is -2.37. The maximum absolute atomic E-state index is 13.6. The Hall–Kier alpha value is -1.91. The summed E-state index contributed by atoms with van der Waals surface area (Å²) in [5, 5.41) is 2.73. The molecule has 0 aliphatic rings. The third kappa shape index (κ3) is 4.99. The highest BCUT2D eigenvalue weighted by Gasteiger charge is 2.16. The van der Waals surface area contributed by atoms with Gasteiger partial charge in [-0.05, 0) is 37.5 Å². The van der Waals surface area contributed by atoms with E-state index in [0.29, 0.717) is 18.7 Å². The fourth-order valence-electron chi connectivity index (χ4n) is 1.56. The van der Waals surface area contributed by atoms with Crippen molar-refractivity contribution in [3.8, 4) is 5.75 Å². The number of benzene rings is 1. The molecule has 0 spiro atoms. The summed E-state index contributed by atoms with van der Waals surface area (Å²) < 4.78 is 18.9. The van der Waals surface area contributed by atoms with Gasteiger partial charge >= 0.3 is 0 Å². The second kappa shape index (κ2) is 7.62. The normalized spacial score (nSPS) is 12.1. The van der Waals surface area contributed by atoms with Gasteiger partial charge in [0.15, 0.2) is 17.7 Å². The second-order valence-corrected chi connectivity index (χ2v) is 5.04. The number of ether oxygens (including phenoxy) is 1. The molecule has 1 amide bonds. The number of halogens is 1. The van der Waals surface area contributed by atoms with Crippen molar-refractivity contribution in [2.24, 2.45) is 5.92 Å². The number of nitrogens with one attached hydrogen (secondary N) is 1. The summed E-state index contributed by atoms with van der Waals surface area (Å²) in [7, 11) is 0. The van der Waals surface area contributed by atoms with E-state index in [0.717, 1.165) is 12.5 Å². The minimum absolute atomic E-state index is 0.0397. The maximum Gasteiger partial charge on any atom is 0.260 e. The summed E-state index contributed by atoms with van der Waals surface area (Å²) in [6.45, 7) is 6.25. The van der Waals surface area contributed by atoms with Crippen LogP contribution < -0.4 is 10.1 Å². The van der Waals surface area contributed by atoms with Crippen LogP contribution in [-0.2, 0) is 4.79 Å². The summed E-state index contributed by atoms with van der Waals surface area (Å²) in [5.74, 6) is -0.483. The van der Waals surface area contributed by atoms with Gasteiger partial charge in [-0.15, -0.1) is 0 Å². The monoisotopic (exact) mass is 281 g/mol. The molecule has 0 aliphatic heterocycles. The van der Waals surface area contributed by atoms with E-state index in [1.165, 1.54) is 12.1 Å². The van der Waals surface area contributed by atoms with Crippen LogP contribution in [0.3, 0.4) is 0 Å². The van der Waals surface area contributed by atoms with Crippen LogP contribution in [0, 0.1) is 11.7 Å². The molecule has 0 radical (unpaired) electrons. The van der Waals surface area contributed by atoms with E-state index in [9.17, 15) is 14.0 Å². The summed E-state index contributed by atoms with van der Waals surface area (Å²) >= 11 is 0. The zero-order valence-corrected chi connectivity index (χ0v) is 12.0. The fourth-order valence-corrected chi connectivity index (χ4v) is 1.56. The Balaban J connectivity index is 2.54. The maximum atomic E-state index is 13.6. The molecule has 1 aromatic carbocycles. The van der Waals surface area contributed by atoms with Crippen LogP contribution in [0.4, 0.5) is 4.39 Å². The molecule has 1 aromatic rings. The molecule has 1 rings (SSSR count). The highest BCUT2D eigenvalue weighted by Crippen LogP contribution is 2.19. The lowest BCUT2D eigenvalue weighted by Gasteiger charge is -2.15. The number of rotatable bonds is 7. The summed E-state index contributed by atoms with van der Waals surface area (Å²) in [5.41, 5.74) is 0.226. The van der Waals surface area contributed by atoms with Crippen LogP contribution in [0.25, 0.3) is 0 Å². The molecule has 1 atom stereocenters. The molecule has 20 heavy (non-hydrogen) atoms. The predicted octanol–water partition coefficient (Wildman–Crippen LogP) is 2.57. The summed E-state index contributed by atoms with van der Waals surface area (Å²) in [6, 6.07) is 3.86. The van der Waals surface area contributed by atoms with E-state index in [-0.39, 0.29) is 17.2 Å². The average Bonchev–Trinajstić information content (AvgIpc) is 2.40. The Morgan fingerprint density at radius 2 is 2.10 bits per heavy atom. The van der Waals surface area contributed by atoms with Crippen LogP contribution in [0.15, 0.2) is 18.2 Å². The van der Waals surface area contributed by atoms with Crippen LogP contribution >= 0.6 is 0 Å². The zero-order valence-electron chi connectivity index (χ0n) is 12.0. The molecule has 5 heteroatoms. The second-order valence-electron chi connectivity index (χ2n) is 5.04. The average molecular weight is 281 g/mol. The minimum Gasteiger partial charge on any atom is -0.478 e. The number of carbonyl (C=O) groups is 2. The highest BCUT2D eigenvalue weighted by molar-refractivity contribution is 5.80. The third-order valence-electron chi connectivity index (χ3n) is 2.79. The Bertz CT molecular complexity index is 474. The molecule has 110 valence electrons. The van der Waals surface area contributed by atoms with Crippen molar-refractivity contribution in [3.05, 3.63) is 29.6 Å². The first-order valence-electron chi connectivity index (χ1n) is 6.63. The van der Waals surface area contributed by atoms with Crippen LogP contribution in [-0.4, -0.2) is 24.8 Å². The van der Waals surface area contributed by atoms with Gasteiger partial charge < -0.3 is 10.1 Å². The topological polar surface area (TPSA) is 55.4 Å². The van der Waals surface area contributed by atoms with Crippen molar-refractivity contribution in [2.45, 2.75) is 33.3 Å². The Morgan fingerprint density at radius 3 is 2.65 bits per heavy atom. The summed E-state index contributed by atoms with van der Waals surface area (Å²) in [4.78, 5) is 22.3. The van der Waals surface area contributed by atoms with Crippen molar-refractivity contribution in [1.29, 1.82) is 0 Å². The number of amides is 1. The third-order valence-corrected chi connectivity index (χ3v) is 2.79. The SMILES string of the molecule is CC(C)CCNC(=O)C(C)Oc1ccc(C=O)cc1F. The number of aldehydes is 1. The fraction of sp³-hybridized carbons (Fsp3) is 0.467. The van der Waals surface area contributed by atoms with Crippen LogP contribution in [0.2, 0.25) is 0 Å². The van der Waals surface area contributed by atoms with E-state index in [4.69, 9.17) is 4.74 Å². The first-order chi connectivity index (χ1) is 9.43. The Morgan fingerprint density at radius 1 is 1.40 bits per heavy atom. The van der Waals surface area contributed by atoms with Crippen molar-refractivity contribution < 1.29 is 18.7 Å². The van der Waals surface area contributed by atoms with Gasteiger partial charge in [-0.3, -0.25) is 9.59 Å². The van der Waals surface area contributed by atoms with Gasteiger partial charge in [-0.25, -0.2) is 4.39 Å². The van der Waals surface area contributed by atoms with Gasteiger partial charge in [0, 0.05) is 12.1 Å². The standard InChI is InChI=1S/C15H20FNO3/c1-10(2)6-7-17-15(19)11(3)20-14-5-4-12(9-18)8-13(14)16/h4-5,8-11H,6-7H2,1-3H3,(H,17,19). The van der Waals surface area contributed by atoms with Gasteiger partial charge in [0.2, 0.25) is 0 Å². The molecule has 0 aromatic heterocycles. The molecule has 4 nitrogen and oxygen atoms in total. The van der Waals surface area contributed by atoms with Crippen molar-refractivity contribution in [3.63, 3.8) is 0 Å². The van der Waals surface area contributed by atoms with Crippen molar-refractivity contribution in [1.82, 2.24) is 5.32 Å². The number of hydrogen-bond donors (Lipinski definition) is 1. The van der Waals surface area contributed by atoms with Crippen LogP contribution in [0.5, 0.6) is 5.75 Å². The largest absolute Gasteiger partial charge is 0.478 e. The van der Waals surface area contributed by atoms with E-state index < -0.39 is 11.9 Å². The molecule has 1 N–H and O–H groups in total. The first kappa shape index (κ1) is 16.1. The lowest BCUT2D eigenvalue weighted by molar-refractivity contribution is -0.127.